The number of hydrogen-bond donors (Lipinski definition) is 6. The highest BCUT2D eigenvalue weighted by Crippen LogP contribution is 2.13. The summed E-state index contributed by atoms with van der Waals surface area (Å²) in [5, 5.41) is 16.6. The second-order valence-corrected chi connectivity index (χ2v) is 7.44. The summed E-state index contributed by atoms with van der Waals surface area (Å²) in [5.41, 5.74) is 11.9. The molecule has 0 fully saturated rings. The molecule has 0 aromatic heterocycles. The number of benzene rings is 2. The lowest BCUT2D eigenvalue weighted by atomic mass is 10.0. The topological polar surface area (TPSA) is 177 Å². The molecule has 1 atom stereocenters. The zero-order valence-electron chi connectivity index (χ0n) is 16.3. The Kier molecular flexibility index (Phi) is 8.67. The van der Waals surface area contributed by atoms with E-state index >= 15 is 0 Å². The second-order valence-electron chi connectivity index (χ2n) is 6.52. The Labute approximate surface area is 186 Å². The van der Waals surface area contributed by atoms with Crippen LogP contribution in [0, 0.1) is 0 Å². The molecule has 164 valence electrons. The third-order valence-corrected chi connectivity index (χ3v) is 4.56. The molecule has 1 unspecified atom stereocenters. The normalized spacial score (nSPS) is 11.5. The molecule has 0 bridgehead atoms. The number of anilines is 1. The van der Waals surface area contributed by atoms with Crippen LogP contribution >= 0.6 is 15.9 Å². The molecule has 2 amide bonds. The monoisotopic (exact) mass is 491 g/mol. The first kappa shape index (κ1) is 24.0. The van der Waals surface area contributed by atoms with E-state index in [1.165, 1.54) is 24.3 Å². The molecule has 10 nitrogen and oxygen atoms in total. The van der Waals surface area contributed by atoms with Crippen LogP contribution in [0.2, 0.25) is 0 Å². The van der Waals surface area contributed by atoms with Crippen molar-refractivity contribution in [1.82, 2.24) is 10.6 Å². The van der Waals surface area contributed by atoms with Crippen molar-refractivity contribution in [2.45, 2.75) is 18.8 Å². The molecule has 0 heterocycles. The molecule has 2 aromatic rings. The van der Waals surface area contributed by atoms with Crippen molar-refractivity contribution in [2.24, 2.45) is 11.5 Å². The molecule has 0 aliphatic rings. The molecule has 11 heteroatoms. The van der Waals surface area contributed by atoms with E-state index in [1.807, 2.05) is 0 Å². The van der Waals surface area contributed by atoms with E-state index in [-0.39, 0.29) is 11.1 Å². The van der Waals surface area contributed by atoms with Crippen molar-refractivity contribution in [1.29, 1.82) is 0 Å². The third kappa shape index (κ3) is 7.81. The number of nitrogens with two attached hydrogens (primary N) is 2. The van der Waals surface area contributed by atoms with Gasteiger partial charge >= 0.3 is 5.97 Å². The predicted molar refractivity (Wildman–Crippen MR) is 117 cm³/mol. The number of hydrogen-bond acceptors (Lipinski definition) is 7. The lowest BCUT2D eigenvalue weighted by Crippen LogP contribution is -2.46. The minimum atomic E-state index is -1.28. The van der Waals surface area contributed by atoms with Gasteiger partial charge in [-0.25, -0.2) is 0 Å². The summed E-state index contributed by atoms with van der Waals surface area (Å²) in [7, 11) is 0. The molecule has 0 aliphatic heterocycles. The number of carboxylic acid groups (broad SMARTS) is 1. The van der Waals surface area contributed by atoms with Gasteiger partial charge in [0.25, 0.3) is 5.91 Å². The van der Waals surface area contributed by atoms with Crippen molar-refractivity contribution in [3.63, 3.8) is 0 Å². The molecule has 2 aromatic carbocycles. The fourth-order valence-electron chi connectivity index (χ4n) is 2.65. The van der Waals surface area contributed by atoms with Gasteiger partial charge in [0, 0.05) is 21.3 Å². The van der Waals surface area contributed by atoms with Gasteiger partial charge in [-0.15, -0.1) is 0 Å². The average Bonchev–Trinajstić information content (AvgIpc) is 2.71. The van der Waals surface area contributed by atoms with Crippen molar-refractivity contribution in [3.05, 3.63) is 64.1 Å². The van der Waals surface area contributed by atoms with Crippen molar-refractivity contribution in [2.75, 3.05) is 11.9 Å². The number of ketones is 1. The summed E-state index contributed by atoms with van der Waals surface area (Å²) in [4.78, 5) is 48.3. The van der Waals surface area contributed by atoms with E-state index in [0.717, 1.165) is 4.47 Å². The Morgan fingerprint density at radius 2 is 1.68 bits per heavy atom. The summed E-state index contributed by atoms with van der Waals surface area (Å²) in [6.45, 7) is -0.448. The maximum atomic E-state index is 12.6. The van der Waals surface area contributed by atoms with Gasteiger partial charge in [0.05, 0.1) is 13.0 Å². The number of rotatable bonds is 10. The summed E-state index contributed by atoms with van der Waals surface area (Å²) in [6.07, 6.45) is -1.40. The molecule has 0 saturated carbocycles. The number of carboxylic acids is 1. The SMILES string of the molecule is NC(N)Nc1cccc(C(=O)NCC(=O)NC(CC(=O)O)C(=O)c2ccc(Br)cc2)c1. The molecular weight excluding hydrogens is 470 g/mol. The fourth-order valence-corrected chi connectivity index (χ4v) is 2.91. The lowest BCUT2D eigenvalue weighted by molar-refractivity contribution is -0.137. The third-order valence-electron chi connectivity index (χ3n) is 4.03. The van der Waals surface area contributed by atoms with Gasteiger partial charge in [-0.1, -0.05) is 34.1 Å². The van der Waals surface area contributed by atoms with Crippen LogP contribution in [0.25, 0.3) is 0 Å². The van der Waals surface area contributed by atoms with Gasteiger partial charge in [-0.05, 0) is 30.3 Å². The van der Waals surface area contributed by atoms with Crippen molar-refractivity contribution in [3.8, 4) is 0 Å². The first-order chi connectivity index (χ1) is 14.7. The number of carbonyl (C=O) groups excluding carboxylic acids is 3. The van der Waals surface area contributed by atoms with Gasteiger partial charge in [0.1, 0.15) is 12.3 Å². The standard InChI is InChI=1S/C20H22BrN5O5/c21-13-6-4-11(5-7-13)18(30)15(9-17(28)29)26-16(27)10-24-19(31)12-2-1-3-14(8-12)25-20(22)23/h1-8,15,20,25H,9-10,22-23H2,(H,24,31)(H,26,27)(H,28,29). The summed E-state index contributed by atoms with van der Waals surface area (Å²) < 4.78 is 0.748. The fraction of sp³-hybridized carbons (Fsp3) is 0.200. The van der Waals surface area contributed by atoms with Crippen LogP contribution in [-0.4, -0.2) is 47.5 Å². The molecule has 0 spiro atoms. The zero-order chi connectivity index (χ0) is 23.0. The summed E-state index contributed by atoms with van der Waals surface area (Å²) >= 11 is 3.25. The first-order valence-electron chi connectivity index (χ1n) is 9.12. The number of amides is 2. The number of aliphatic carboxylic acids is 1. The van der Waals surface area contributed by atoms with Crippen LogP contribution in [0.1, 0.15) is 27.1 Å². The Balaban J connectivity index is 1.99. The molecule has 31 heavy (non-hydrogen) atoms. The maximum absolute atomic E-state index is 12.6. The van der Waals surface area contributed by atoms with Gasteiger partial charge < -0.3 is 21.1 Å². The average molecular weight is 492 g/mol. The molecule has 0 radical (unpaired) electrons. The Morgan fingerprint density at radius 1 is 1.00 bits per heavy atom. The Morgan fingerprint density at radius 3 is 2.29 bits per heavy atom. The highest BCUT2D eigenvalue weighted by molar-refractivity contribution is 9.10. The van der Waals surface area contributed by atoms with Crippen molar-refractivity contribution < 1.29 is 24.3 Å². The van der Waals surface area contributed by atoms with Gasteiger partial charge in [0.15, 0.2) is 5.78 Å². The molecule has 0 saturated heterocycles. The predicted octanol–water partition coefficient (Wildman–Crippen LogP) is 0.634. The minimum absolute atomic E-state index is 0.251. The minimum Gasteiger partial charge on any atom is -0.481 e. The number of carbonyl (C=O) groups is 4. The van der Waals surface area contributed by atoms with Gasteiger partial charge in [-0.2, -0.15) is 0 Å². The van der Waals surface area contributed by atoms with E-state index in [0.29, 0.717) is 5.69 Å². The van der Waals surface area contributed by atoms with Crippen LogP contribution in [-0.2, 0) is 9.59 Å². The lowest BCUT2D eigenvalue weighted by Gasteiger charge is -2.16. The van der Waals surface area contributed by atoms with E-state index in [4.69, 9.17) is 16.6 Å². The van der Waals surface area contributed by atoms with Crippen molar-refractivity contribution >= 4 is 45.2 Å². The van der Waals surface area contributed by atoms with Crippen LogP contribution in [0.3, 0.4) is 0 Å². The van der Waals surface area contributed by atoms with Gasteiger partial charge in [0.2, 0.25) is 5.91 Å². The Hall–Kier alpha value is -3.28. The first-order valence-corrected chi connectivity index (χ1v) is 9.92. The van der Waals surface area contributed by atoms with Crippen LogP contribution in [0.4, 0.5) is 5.69 Å². The maximum Gasteiger partial charge on any atom is 0.305 e. The van der Waals surface area contributed by atoms with E-state index in [1.54, 1.807) is 24.3 Å². The highest BCUT2D eigenvalue weighted by Gasteiger charge is 2.25. The number of nitrogens with one attached hydrogen (secondary N) is 3. The quantitative estimate of drug-likeness (QED) is 0.207. The van der Waals surface area contributed by atoms with E-state index in [2.05, 4.69) is 31.9 Å². The van der Waals surface area contributed by atoms with Crippen LogP contribution in [0.5, 0.6) is 0 Å². The summed E-state index contributed by atoms with van der Waals surface area (Å²) in [5.74, 6) is -3.05. The molecule has 2 rings (SSSR count). The second kappa shape index (κ2) is 11.2. The Bertz CT molecular complexity index is 965. The number of halogens is 1. The smallest absolute Gasteiger partial charge is 0.305 e. The van der Waals surface area contributed by atoms with Crippen LogP contribution in [0.15, 0.2) is 53.0 Å². The number of Topliss-reactive ketones (excluding diaryl/α,β-unsaturated/α-hetero) is 1. The highest BCUT2D eigenvalue weighted by atomic mass is 79.9. The molecule has 8 N–H and O–H groups in total. The van der Waals surface area contributed by atoms with E-state index < -0.39 is 48.9 Å². The van der Waals surface area contributed by atoms with Gasteiger partial charge in [-0.3, -0.25) is 30.6 Å². The molecule has 0 aliphatic carbocycles. The molecular formula is C20H22BrN5O5. The largest absolute Gasteiger partial charge is 0.481 e. The van der Waals surface area contributed by atoms with E-state index in [9.17, 15) is 19.2 Å². The summed E-state index contributed by atoms with van der Waals surface area (Å²) in [6, 6.07) is 11.3. The zero-order valence-corrected chi connectivity index (χ0v) is 17.9. The van der Waals surface area contributed by atoms with Crippen LogP contribution < -0.4 is 27.4 Å².